The Bertz CT molecular complexity index is 934. The van der Waals surface area contributed by atoms with Crippen LogP contribution in [-0.2, 0) is 11.3 Å². The number of nitrogens with one attached hydrogen (secondary N) is 1. The number of carbonyl (C=O) groups is 1. The Morgan fingerprint density at radius 2 is 2.04 bits per heavy atom. The summed E-state index contributed by atoms with van der Waals surface area (Å²) in [6.45, 7) is 0.221. The predicted molar refractivity (Wildman–Crippen MR) is 103 cm³/mol. The van der Waals surface area contributed by atoms with Gasteiger partial charge in [-0.3, -0.25) is 4.79 Å². The van der Waals surface area contributed by atoms with Crippen LogP contribution in [0.3, 0.4) is 0 Å². The Kier molecular flexibility index (Phi) is 6.46. The summed E-state index contributed by atoms with van der Waals surface area (Å²) in [5.74, 6) is 0.629. The van der Waals surface area contributed by atoms with Crippen molar-refractivity contribution in [2.45, 2.75) is 11.8 Å². The van der Waals surface area contributed by atoms with Gasteiger partial charge in [0.1, 0.15) is 11.6 Å². The van der Waals surface area contributed by atoms with Crippen LogP contribution in [0.2, 0.25) is 0 Å². The van der Waals surface area contributed by atoms with Crippen molar-refractivity contribution < 1.29 is 18.3 Å². The van der Waals surface area contributed by atoms with Crippen LogP contribution in [0.4, 0.5) is 4.39 Å². The van der Waals surface area contributed by atoms with E-state index in [0.717, 1.165) is 27.5 Å². The largest absolute Gasteiger partial charge is 0.497 e. The van der Waals surface area contributed by atoms with E-state index in [4.69, 9.17) is 9.15 Å². The van der Waals surface area contributed by atoms with Crippen molar-refractivity contribution in [3.05, 3.63) is 58.3 Å². The van der Waals surface area contributed by atoms with E-state index in [0.29, 0.717) is 16.7 Å². The zero-order valence-corrected chi connectivity index (χ0v) is 16.6. The van der Waals surface area contributed by atoms with E-state index in [2.05, 4.69) is 31.4 Å². The molecule has 140 valence electrons. The Hall–Kier alpha value is -2.39. The maximum absolute atomic E-state index is 13.3. The van der Waals surface area contributed by atoms with Crippen LogP contribution in [0, 0.1) is 5.82 Å². The average molecular weight is 452 g/mol. The number of amides is 1. The molecule has 2 aromatic carbocycles. The molecule has 0 saturated carbocycles. The second-order valence-corrected chi connectivity index (χ2v) is 7.18. The molecule has 0 fully saturated rings. The summed E-state index contributed by atoms with van der Waals surface area (Å²) in [6.07, 6.45) is 0. The number of aromatic nitrogens is 2. The molecular formula is C18H15BrFN3O3S. The van der Waals surface area contributed by atoms with Crippen molar-refractivity contribution in [2.24, 2.45) is 0 Å². The van der Waals surface area contributed by atoms with Crippen molar-refractivity contribution in [1.82, 2.24) is 15.5 Å². The molecule has 0 saturated heterocycles. The lowest BCUT2D eigenvalue weighted by Gasteiger charge is -2.06. The van der Waals surface area contributed by atoms with Gasteiger partial charge in [0.15, 0.2) is 0 Å². The topological polar surface area (TPSA) is 77.2 Å². The first kappa shape index (κ1) is 19.4. The smallest absolute Gasteiger partial charge is 0.277 e. The molecule has 0 aliphatic heterocycles. The number of halogens is 2. The van der Waals surface area contributed by atoms with Gasteiger partial charge in [-0.15, -0.1) is 10.2 Å². The highest BCUT2D eigenvalue weighted by atomic mass is 79.9. The van der Waals surface area contributed by atoms with Gasteiger partial charge in [-0.2, -0.15) is 0 Å². The van der Waals surface area contributed by atoms with Gasteiger partial charge in [-0.05, 0) is 48.0 Å². The molecular weight excluding hydrogens is 437 g/mol. The first-order valence-electron chi connectivity index (χ1n) is 7.86. The zero-order valence-electron chi connectivity index (χ0n) is 14.2. The number of nitrogens with zero attached hydrogens (tertiary/aromatic N) is 2. The maximum atomic E-state index is 13.3. The number of hydrogen-bond acceptors (Lipinski definition) is 6. The molecule has 0 unspecified atom stereocenters. The number of ether oxygens (including phenoxy) is 1. The minimum atomic E-state index is -0.353. The average Bonchev–Trinajstić information content (AvgIpc) is 3.16. The maximum Gasteiger partial charge on any atom is 0.277 e. The molecule has 0 aliphatic rings. The van der Waals surface area contributed by atoms with Gasteiger partial charge in [0.05, 0.1) is 12.9 Å². The van der Waals surface area contributed by atoms with E-state index in [1.165, 1.54) is 12.1 Å². The standard InChI is InChI=1S/C18H15BrFN3O3S/c1-25-14-5-2-11(3-6-14)17-22-23-18(26-17)27-10-16(24)21-9-12-8-13(20)4-7-15(12)19/h2-8H,9-10H2,1H3,(H,21,24). The highest BCUT2D eigenvalue weighted by molar-refractivity contribution is 9.10. The normalized spacial score (nSPS) is 10.6. The van der Waals surface area contributed by atoms with Crippen molar-refractivity contribution in [3.8, 4) is 17.2 Å². The quantitative estimate of drug-likeness (QED) is 0.545. The second-order valence-electron chi connectivity index (χ2n) is 5.40. The monoisotopic (exact) mass is 451 g/mol. The molecule has 1 heterocycles. The summed E-state index contributed by atoms with van der Waals surface area (Å²) in [4.78, 5) is 12.0. The van der Waals surface area contributed by atoms with Crippen LogP contribution in [0.1, 0.15) is 5.56 Å². The van der Waals surface area contributed by atoms with Crippen molar-refractivity contribution >= 4 is 33.6 Å². The van der Waals surface area contributed by atoms with E-state index in [-0.39, 0.29) is 24.0 Å². The summed E-state index contributed by atoms with van der Waals surface area (Å²) in [5, 5.41) is 10.9. The third-order valence-corrected chi connectivity index (χ3v) is 5.15. The number of methoxy groups -OCH3 is 1. The van der Waals surface area contributed by atoms with E-state index in [9.17, 15) is 9.18 Å². The van der Waals surface area contributed by atoms with Crippen molar-refractivity contribution in [1.29, 1.82) is 0 Å². The molecule has 1 aromatic heterocycles. The highest BCUT2D eigenvalue weighted by Crippen LogP contribution is 2.25. The third-order valence-electron chi connectivity index (χ3n) is 3.55. The van der Waals surface area contributed by atoms with Gasteiger partial charge in [-0.25, -0.2) is 4.39 Å². The van der Waals surface area contributed by atoms with Crippen molar-refractivity contribution in [3.63, 3.8) is 0 Å². The van der Waals surface area contributed by atoms with E-state index in [1.54, 1.807) is 25.3 Å². The molecule has 0 radical (unpaired) electrons. The molecule has 9 heteroatoms. The summed E-state index contributed by atoms with van der Waals surface area (Å²) in [7, 11) is 1.59. The molecule has 0 spiro atoms. The fourth-order valence-electron chi connectivity index (χ4n) is 2.17. The van der Waals surface area contributed by atoms with Crippen LogP contribution in [0.25, 0.3) is 11.5 Å². The van der Waals surface area contributed by atoms with E-state index >= 15 is 0 Å². The van der Waals surface area contributed by atoms with Crippen LogP contribution in [0.15, 0.2) is 56.6 Å². The van der Waals surface area contributed by atoms with Gasteiger partial charge in [0.2, 0.25) is 11.8 Å². The number of rotatable bonds is 7. The number of carbonyl (C=O) groups excluding carboxylic acids is 1. The molecule has 0 bridgehead atoms. The van der Waals surface area contributed by atoms with Crippen LogP contribution in [-0.4, -0.2) is 29.0 Å². The Morgan fingerprint density at radius 3 is 2.78 bits per heavy atom. The van der Waals surface area contributed by atoms with Crippen LogP contribution >= 0.6 is 27.7 Å². The van der Waals surface area contributed by atoms with Crippen molar-refractivity contribution in [2.75, 3.05) is 12.9 Å². The molecule has 0 atom stereocenters. The molecule has 1 N–H and O–H groups in total. The fraction of sp³-hybridized carbons (Fsp3) is 0.167. The first-order chi connectivity index (χ1) is 13.0. The van der Waals surface area contributed by atoms with Gasteiger partial charge in [0.25, 0.3) is 5.22 Å². The minimum Gasteiger partial charge on any atom is -0.497 e. The molecule has 3 aromatic rings. The molecule has 27 heavy (non-hydrogen) atoms. The molecule has 3 rings (SSSR count). The SMILES string of the molecule is COc1ccc(-c2nnc(SCC(=O)NCc3cc(F)ccc3Br)o2)cc1. The summed E-state index contributed by atoms with van der Waals surface area (Å²) < 4.78 is 24.6. The summed E-state index contributed by atoms with van der Waals surface area (Å²) >= 11 is 4.46. The fourth-order valence-corrected chi connectivity index (χ4v) is 3.15. The van der Waals surface area contributed by atoms with Gasteiger partial charge < -0.3 is 14.5 Å². The zero-order chi connectivity index (χ0) is 19.2. The van der Waals surface area contributed by atoms with Gasteiger partial charge in [0, 0.05) is 16.6 Å². The van der Waals surface area contributed by atoms with Gasteiger partial charge >= 0.3 is 0 Å². The molecule has 6 nitrogen and oxygen atoms in total. The van der Waals surface area contributed by atoms with E-state index in [1.807, 2.05) is 12.1 Å². The lowest BCUT2D eigenvalue weighted by atomic mass is 10.2. The Balaban J connectivity index is 1.51. The minimum absolute atomic E-state index is 0.108. The second kappa shape index (κ2) is 9.01. The number of hydrogen-bond donors (Lipinski definition) is 1. The van der Waals surface area contributed by atoms with Crippen LogP contribution < -0.4 is 10.1 Å². The molecule has 1 amide bonds. The summed E-state index contributed by atoms with van der Waals surface area (Å²) in [6, 6.07) is 11.5. The molecule has 0 aliphatic carbocycles. The lowest BCUT2D eigenvalue weighted by Crippen LogP contribution is -2.24. The number of benzene rings is 2. The highest BCUT2D eigenvalue weighted by Gasteiger charge is 2.12. The van der Waals surface area contributed by atoms with E-state index < -0.39 is 0 Å². The summed E-state index contributed by atoms with van der Waals surface area (Å²) in [5.41, 5.74) is 1.42. The first-order valence-corrected chi connectivity index (χ1v) is 9.64. The van der Waals surface area contributed by atoms with Gasteiger partial charge in [-0.1, -0.05) is 27.7 Å². The Morgan fingerprint density at radius 1 is 1.26 bits per heavy atom. The number of thioether (sulfide) groups is 1. The van der Waals surface area contributed by atoms with Crippen LogP contribution in [0.5, 0.6) is 5.75 Å². The third kappa shape index (κ3) is 5.30. The predicted octanol–water partition coefficient (Wildman–Crippen LogP) is 4.06. The Labute approximate surface area is 167 Å². The lowest BCUT2D eigenvalue weighted by molar-refractivity contribution is -0.118.